The molecule has 0 atom stereocenters. The van der Waals surface area contributed by atoms with Gasteiger partial charge >= 0.3 is 6.18 Å². The molecule has 8 heteroatoms. The predicted molar refractivity (Wildman–Crippen MR) is 113 cm³/mol. The van der Waals surface area contributed by atoms with E-state index in [9.17, 15) is 23.1 Å². The summed E-state index contributed by atoms with van der Waals surface area (Å²) in [7, 11) is 0. The van der Waals surface area contributed by atoms with E-state index in [2.05, 4.69) is 10.3 Å². The van der Waals surface area contributed by atoms with Gasteiger partial charge in [0.05, 0.1) is 25.4 Å². The summed E-state index contributed by atoms with van der Waals surface area (Å²) in [6.45, 7) is 2.08. The molecule has 32 heavy (non-hydrogen) atoms. The van der Waals surface area contributed by atoms with E-state index < -0.39 is 17.2 Å². The maximum Gasteiger partial charge on any atom is 0.416 e. The summed E-state index contributed by atoms with van der Waals surface area (Å²) in [5.74, 6) is -0.343. The van der Waals surface area contributed by atoms with Crippen molar-refractivity contribution < 1.29 is 27.8 Å². The molecule has 3 aromatic rings. The molecule has 1 saturated heterocycles. The molecular weight excluding hydrogens is 421 g/mol. The van der Waals surface area contributed by atoms with Crippen LogP contribution >= 0.6 is 0 Å². The van der Waals surface area contributed by atoms with Crippen LogP contribution in [0.15, 0.2) is 60.8 Å². The Morgan fingerprint density at radius 3 is 2.31 bits per heavy atom. The fourth-order valence-electron chi connectivity index (χ4n) is 3.70. The van der Waals surface area contributed by atoms with Crippen molar-refractivity contribution in [2.24, 2.45) is 0 Å². The maximum absolute atomic E-state index is 13.0. The number of nitrogens with one attached hydrogen (secondary N) is 1. The highest BCUT2D eigenvalue weighted by atomic mass is 19.4. The molecule has 2 aromatic carbocycles. The quantitative estimate of drug-likeness (QED) is 0.612. The summed E-state index contributed by atoms with van der Waals surface area (Å²) in [5, 5.41) is 12.4. The van der Waals surface area contributed by atoms with Crippen LogP contribution in [-0.2, 0) is 27.7 Å². The van der Waals surface area contributed by atoms with Gasteiger partial charge in [-0.2, -0.15) is 13.2 Å². The van der Waals surface area contributed by atoms with Crippen LogP contribution in [-0.4, -0.2) is 29.2 Å². The summed E-state index contributed by atoms with van der Waals surface area (Å²) in [5.41, 5.74) is 2.54. The van der Waals surface area contributed by atoms with E-state index in [0.29, 0.717) is 0 Å². The molecule has 4 rings (SSSR count). The fraction of sp³-hybridized carbons (Fsp3) is 0.250. The Kier molecular flexibility index (Phi) is 5.75. The van der Waals surface area contributed by atoms with E-state index in [1.54, 1.807) is 6.20 Å². The number of benzene rings is 2. The van der Waals surface area contributed by atoms with Crippen LogP contribution in [0.25, 0.3) is 11.1 Å². The summed E-state index contributed by atoms with van der Waals surface area (Å²) in [4.78, 5) is 17.3. The van der Waals surface area contributed by atoms with Gasteiger partial charge in [0.15, 0.2) is 0 Å². The number of rotatable bonds is 5. The van der Waals surface area contributed by atoms with Gasteiger partial charge < -0.3 is 15.2 Å². The number of ether oxygens (including phenoxy) is 1. The van der Waals surface area contributed by atoms with Gasteiger partial charge in [-0.1, -0.05) is 24.3 Å². The number of nitrogens with zero attached hydrogens (tertiary/aromatic N) is 1. The number of pyridine rings is 1. The van der Waals surface area contributed by atoms with Crippen molar-refractivity contribution in [1.82, 2.24) is 4.98 Å². The normalized spacial score (nSPS) is 15.2. The fourth-order valence-corrected chi connectivity index (χ4v) is 3.70. The monoisotopic (exact) mass is 442 g/mol. The van der Waals surface area contributed by atoms with E-state index in [0.717, 1.165) is 40.1 Å². The Morgan fingerprint density at radius 2 is 1.78 bits per heavy atom. The summed E-state index contributed by atoms with van der Waals surface area (Å²) < 4.78 is 43.6. The molecule has 166 valence electrons. The number of aliphatic hydroxyl groups is 1. The van der Waals surface area contributed by atoms with Crippen molar-refractivity contribution in [3.63, 3.8) is 0 Å². The number of carbonyl (C=O) groups excluding carboxylic acids is 1. The zero-order valence-corrected chi connectivity index (χ0v) is 17.2. The third kappa shape index (κ3) is 4.11. The van der Waals surface area contributed by atoms with Crippen LogP contribution < -0.4 is 5.32 Å². The lowest BCUT2D eigenvalue weighted by molar-refractivity contribution is -0.139. The van der Waals surface area contributed by atoms with E-state index >= 15 is 0 Å². The van der Waals surface area contributed by atoms with Crippen LogP contribution in [0.4, 0.5) is 18.9 Å². The lowest BCUT2D eigenvalue weighted by atomic mass is 9.77. The van der Waals surface area contributed by atoms with Gasteiger partial charge in [-0.3, -0.25) is 9.78 Å². The highest BCUT2D eigenvalue weighted by Crippen LogP contribution is 2.36. The third-order valence-electron chi connectivity index (χ3n) is 5.65. The van der Waals surface area contributed by atoms with Crippen LogP contribution in [0, 0.1) is 6.92 Å². The molecule has 0 saturated carbocycles. The minimum absolute atomic E-state index is 0.117. The lowest BCUT2D eigenvalue weighted by Crippen LogP contribution is -2.55. The number of anilines is 1. The summed E-state index contributed by atoms with van der Waals surface area (Å²) in [6.07, 6.45) is -2.73. The van der Waals surface area contributed by atoms with Crippen LogP contribution in [0.2, 0.25) is 0 Å². The number of aliphatic hydroxyl groups excluding tert-OH is 1. The topological polar surface area (TPSA) is 71.5 Å². The maximum atomic E-state index is 13.0. The molecule has 0 aliphatic carbocycles. The number of halogens is 3. The molecule has 5 nitrogen and oxygen atoms in total. The highest BCUT2D eigenvalue weighted by Gasteiger charge is 2.47. The first-order valence-corrected chi connectivity index (χ1v) is 9.97. The molecule has 0 radical (unpaired) electrons. The van der Waals surface area contributed by atoms with Crippen molar-refractivity contribution in [3.8, 4) is 11.1 Å². The standard InChI is InChI=1S/C24H21F3N2O3/c1-15-10-17(12-30)21(11-28-15)16-2-4-18(5-3-16)23(13-32-14-23)22(31)29-20-8-6-19(7-9-20)24(25,26)27/h2-11,30H,12-14H2,1H3,(H,29,31). The van der Waals surface area contributed by atoms with E-state index in [1.807, 2.05) is 37.3 Å². The minimum atomic E-state index is -4.43. The number of carbonyl (C=O) groups is 1. The van der Waals surface area contributed by atoms with E-state index in [1.165, 1.54) is 12.1 Å². The zero-order valence-electron chi connectivity index (χ0n) is 17.2. The molecular formula is C24H21F3N2O3. The average molecular weight is 442 g/mol. The van der Waals surface area contributed by atoms with Crippen molar-refractivity contribution in [3.05, 3.63) is 83.2 Å². The number of hydrogen-bond donors (Lipinski definition) is 2. The first kappa shape index (κ1) is 22.0. The first-order valence-electron chi connectivity index (χ1n) is 9.97. The second-order valence-electron chi connectivity index (χ2n) is 7.82. The second-order valence-corrected chi connectivity index (χ2v) is 7.82. The zero-order chi connectivity index (χ0) is 22.9. The molecule has 1 aliphatic rings. The summed E-state index contributed by atoms with van der Waals surface area (Å²) >= 11 is 0. The third-order valence-corrected chi connectivity index (χ3v) is 5.65. The number of amides is 1. The molecule has 0 spiro atoms. The SMILES string of the molecule is Cc1cc(CO)c(-c2ccc(C3(C(=O)Nc4ccc(C(F)(F)F)cc4)COC3)cc2)cn1. The van der Waals surface area contributed by atoms with Crippen molar-refractivity contribution in [2.75, 3.05) is 18.5 Å². The van der Waals surface area contributed by atoms with E-state index in [4.69, 9.17) is 4.74 Å². The van der Waals surface area contributed by atoms with Gasteiger partial charge in [-0.05, 0) is 53.9 Å². The highest BCUT2D eigenvalue weighted by molar-refractivity contribution is 6.00. The molecule has 0 bridgehead atoms. The van der Waals surface area contributed by atoms with Gasteiger partial charge in [0.2, 0.25) is 5.91 Å². The molecule has 1 fully saturated rings. The number of hydrogen-bond acceptors (Lipinski definition) is 4. The van der Waals surface area contributed by atoms with Crippen molar-refractivity contribution >= 4 is 11.6 Å². The molecule has 1 aromatic heterocycles. The molecule has 2 heterocycles. The van der Waals surface area contributed by atoms with E-state index in [-0.39, 0.29) is 31.4 Å². The molecule has 1 aliphatic heterocycles. The second kappa shape index (κ2) is 8.37. The van der Waals surface area contributed by atoms with Crippen LogP contribution in [0.5, 0.6) is 0 Å². The van der Waals surface area contributed by atoms with Gasteiger partial charge in [-0.15, -0.1) is 0 Å². The Bertz CT molecular complexity index is 1120. The average Bonchev–Trinajstić information content (AvgIpc) is 2.73. The van der Waals surface area contributed by atoms with Gasteiger partial charge in [0.1, 0.15) is 5.41 Å². The molecule has 0 unspecified atom stereocenters. The largest absolute Gasteiger partial charge is 0.416 e. The predicted octanol–water partition coefficient (Wildman–Crippen LogP) is 4.47. The van der Waals surface area contributed by atoms with Crippen LogP contribution in [0.1, 0.15) is 22.4 Å². The van der Waals surface area contributed by atoms with Crippen molar-refractivity contribution in [2.45, 2.75) is 25.1 Å². The van der Waals surface area contributed by atoms with Crippen molar-refractivity contribution in [1.29, 1.82) is 0 Å². The number of alkyl halides is 3. The molecule has 2 N–H and O–H groups in total. The molecule has 1 amide bonds. The number of aryl methyl sites for hydroxylation is 1. The Balaban J connectivity index is 1.56. The van der Waals surface area contributed by atoms with Crippen LogP contribution in [0.3, 0.4) is 0 Å². The van der Waals surface area contributed by atoms with Gasteiger partial charge in [0.25, 0.3) is 0 Å². The number of aromatic nitrogens is 1. The minimum Gasteiger partial charge on any atom is -0.392 e. The van der Waals surface area contributed by atoms with Gasteiger partial charge in [-0.25, -0.2) is 0 Å². The smallest absolute Gasteiger partial charge is 0.392 e. The lowest BCUT2D eigenvalue weighted by Gasteiger charge is -2.40. The Morgan fingerprint density at radius 1 is 1.12 bits per heavy atom. The first-order chi connectivity index (χ1) is 15.2. The summed E-state index contributed by atoms with van der Waals surface area (Å²) in [6, 6.07) is 13.5. The van der Waals surface area contributed by atoms with Gasteiger partial charge in [0, 0.05) is 23.1 Å². The Hall–Kier alpha value is -3.23. The Labute approximate surface area is 182 Å².